The Balaban J connectivity index is 1.83. The molecule has 0 atom stereocenters. The van der Waals surface area contributed by atoms with E-state index in [0.29, 0.717) is 17.9 Å². The van der Waals surface area contributed by atoms with Gasteiger partial charge in [0.2, 0.25) is 0 Å². The average molecular weight is 354 g/mol. The quantitative estimate of drug-likeness (QED) is 0.689. The number of benzene rings is 3. The molecule has 1 N–H and O–H groups in total. The predicted octanol–water partition coefficient (Wildman–Crippen LogP) is 4.84. The molecule has 0 amide bonds. The molecular weight excluding hydrogens is 338 g/mol. The lowest BCUT2D eigenvalue weighted by Gasteiger charge is -2.10. The minimum absolute atomic E-state index is 0.0572. The first-order chi connectivity index (χ1) is 12.5. The highest BCUT2D eigenvalue weighted by Gasteiger charge is 2.14. The zero-order valence-corrected chi connectivity index (χ0v) is 13.8. The van der Waals surface area contributed by atoms with Crippen molar-refractivity contribution in [1.29, 1.82) is 0 Å². The van der Waals surface area contributed by atoms with Gasteiger partial charge in [-0.25, -0.2) is 8.78 Å². The average Bonchev–Trinajstić information content (AvgIpc) is 2.63. The Morgan fingerprint density at radius 3 is 2.42 bits per heavy atom. The summed E-state index contributed by atoms with van der Waals surface area (Å²) in [6.45, 7) is 0.360. The molecule has 0 aliphatic carbocycles. The molecule has 0 heterocycles. The molecule has 3 aromatic rings. The normalized spacial score (nSPS) is 10.5. The van der Waals surface area contributed by atoms with Crippen LogP contribution in [-0.4, -0.2) is 11.1 Å². The molecular formula is C21H16F2O3. The molecule has 3 aromatic carbocycles. The van der Waals surface area contributed by atoms with Crippen LogP contribution in [-0.2, 0) is 17.8 Å². The lowest BCUT2D eigenvalue weighted by atomic mass is 10.0. The standard InChI is InChI=1S/C21H16F2O3/c22-19-12-18(20(23)10-16(19)11-21(24)25)15-7-4-8-17(9-15)26-13-14-5-2-1-3-6-14/h1-10,12H,11,13H2,(H,24,25). The van der Waals surface area contributed by atoms with Crippen LogP contribution in [0.15, 0.2) is 66.7 Å². The van der Waals surface area contributed by atoms with E-state index in [9.17, 15) is 13.6 Å². The van der Waals surface area contributed by atoms with Gasteiger partial charge in [-0.2, -0.15) is 0 Å². The summed E-state index contributed by atoms with van der Waals surface area (Å²) in [4.78, 5) is 10.7. The van der Waals surface area contributed by atoms with Gasteiger partial charge in [-0.05, 0) is 35.4 Å². The molecule has 0 radical (unpaired) electrons. The lowest BCUT2D eigenvalue weighted by Crippen LogP contribution is -2.04. The number of rotatable bonds is 6. The van der Waals surface area contributed by atoms with Crippen molar-refractivity contribution in [3.05, 3.63) is 89.5 Å². The Bertz CT molecular complexity index is 924. The number of carboxylic acid groups (broad SMARTS) is 1. The van der Waals surface area contributed by atoms with Crippen LogP contribution in [0.1, 0.15) is 11.1 Å². The van der Waals surface area contributed by atoms with E-state index >= 15 is 0 Å². The van der Waals surface area contributed by atoms with Gasteiger partial charge in [0, 0.05) is 11.1 Å². The minimum Gasteiger partial charge on any atom is -0.489 e. The van der Waals surface area contributed by atoms with E-state index in [0.717, 1.165) is 17.7 Å². The fraction of sp³-hybridized carbons (Fsp3) is 0.0952. The summed E-state index contributed by atoms with van der Waals surface area (Å²) in [5, 5.41) is 8.75. The molecule has 0 unspecified atom stereocenters. The van der Waals surface area contributed by atoms with Crippen molar-refractivity contribution in [3.8, 4) is 16.9 Å². The van der Waals surface area contributed by atoms with Crippen LogP contribution in [0, 0.1) is 11.6 Å². The van der Waals surface area contributed by atoms with E-state index in [2.05, 4.69) is 0 Å². The summed E-state index contributed by atoms with van der Waals surface area (Å²) in [7, 11) is 0. The number of hydrogen-bond acceptors (Lipinski definition) is 2. The number of halogens is 2. The fourth-order valence-electron chi connectivity index (χ4n) is 2.60. The summed E-state index contributed by atoms with van der Waals surface area (Å²) in [5.74, 6) is -2.12. The van der Waals surface area contributed by atoms with Crippen molar-refractivity contribution in [2.45, 2.75) is 13.0 Å². The van der Waals surface area contributed by atoms with Crippen LogP contribution in [0.25, 0.3) is 11.1 Å². The van der Waals surface area contributed by atoms with Crippen molar-refractivity contribution in [2.75, 3.05) is 0 Å². The molecule has 132 valence electrons. The third-order valence-corrected chi connectivity index (χ3v) is 3.87. The van der Waals surface area contributed by atoms with Gasteiger partial charge in [-0.3, -0.25) is 4.79 Å². The van der Waals surface area contributed by atoms with Crippen molar-refractivity contribution in [2.24, 2.45) is 0 Å². The molecule has 0 aliphatic rings. The minimum atomic E-state index is -1.22. The Morgan fingerprint density at radius 2 is 1.69 bits per heavy atom. The second kappa shape index (κ2) is 7.78. The molecule has 0 bridgehead atoms. The van der Waals surface area contributed by atoms with Crippen molar-refractivity contribution < 1.29 is 23.4 Å². The van der Waals surface area contributed by atoms with Crippen LogP contribution in [0.5, 0.6) is 5.75 Å². The van der Waals surface area contributed by atoms with Crippen molar-refractivity contribution >= 4 is 5.97 Å². The van der Waals surface area contributed by atoms with E-state index < -0.39 is 24.0 Å². The van der Waals surface area contributed by atoms with Crippen molar-refractivity contribution in [3.63, 3.8) is 0 Å². The Hall–Kier alpha value is -3.21. The number of ether oxygens (including phenoxy) is 1. The molecule has 26 heavy (non-hydrogen) atoms. The van der Waals surface area contributed by atoms with E-state index in [1.54, 1.807) is 24.3 Å². The maximum absolute atomic E-state index is 14.3. The first kappa shape index (κ1) is 17.6. The van der Waals surface area contributed by atoms with Crippen LogP contribution in [0.4, 0.5) is 8.78 Å². The van der Waals surface area contributed by atoms with Gasteiger partial charge < -0.3 is 9.84 Å². The first-order valence-electron chi connectivity index (χ1n) is 8.00. The van der Waals surface area contributed by atoms with E-state index in [1.807, 2.05) is 30.3 Å². The second-order valence-electron chi connectivity index (χ2n) is 5.80. The highest BCUT2D eigenvalue weighted by atomic mass is 19.1. The number of carboxylic acids is 1. The summed E-state index contributed by atoms with van der Waals surface area (Å²) in [5.41, 5.74) is 1.32. The number of hydrogen-bond donors (Lipinski definition) is 1. The number of carbonyl (C=O) groups is 1. The molecule has 5 heteroatoms. The molecule has 0 aliphatic heterocycles. The SMILES string of the molecule is O=C(O)Cc1cc(F)c(-c2cccc(OCc3ccccc3)c2)cc1F. The Morgan fingerprint density at radius 1 is 0.923 bits per heavy atom. The zero-order chi connectivity index (χ0) is 18.5. The molecule has 0 saturated carbocycles. The smallest absolute Gasteiger partial charge is 0.307 e. The van der Waals surface area contributed by atoms with Gasteiger partial charge in [0.25, 0.3) is 0 Å². The maximum atomic E-state index is 14.3. The van der Waals surface area contributed by atoms with Gasteiger partial charge in [0.05, 0.1) is 6.42 Å². The van der Waals surface area contributed by atoms with Gasteiger partial charge >= 0.3 is 5.97 Å². The molecule has 0 aromatic heterocycles. The van der Waals surface area contributed by atoms with Crippen molar-refractivity contribution in [1.82, 2.24) is 0 Å². The van der Waals surface area contributed by atoms with E-state index in [1.165, 1.54) is 0 Å². The van der Waals surface area contributed by atoms with Crippen LogP contribution < -0.4 is 4.74 Å². The van der Waals surface area contributed by atoms with Gasteiger partial charge in [-0.1, -0.05) is 42.5 Å². The Labute approximate surface area is 149 Å². The van der Waals surface area contributed by atoms with Crippen LogP contribution >= 0.6 is 0 Å². The monoisotopic (exact) mass is 354 g/mol. The molecule has 0 fully saturated rings. The van der Waals surface area contributed by atoms with E-state index in [-0.39, 0.29) is 11.1 Å². The largest absolute Gasteiger partial charge is 0.489 e. The lowest BCUT2D eigenvalue weighted by molar-refractivity contribution is -0.136. The van der Waals surface area contributed by atoms with Gasteiger partial charge in [-0.15, -0.1) is 0 Å². The van der Waals surface area contributed by atoms with Gasteiger partial charge in [0.1, 0.15) is 24.0 Å². The summed E-state index contributed by atoms with van der Waals surface area (Å²) in [6.07, 6.45) is -0.566. The summed E-state index contributed by atoms with van der Waals surface area (Å²) < 4.78 is 34.1. The van der Waals surface area contributed by atoms with E-state index in [4.69, 9.17) is 9.84 Å². The third kappa shape index (κ3) is 4.25. The summed E-state index contributed by atoms with van der Waals surface area (Å²) >= 11 is 0. The maximum Gasteiger partial charge on any atom is 0.307 e. The zero-order valence-electron chi connectivity index (χ0n) is 13.8. The van der Waals surface area contributed by atoms with Crippen LogP contribution in [0.2, 0.25) is 0 Å². The molecule has 0 saturated heterocycles. The topological polar surface area (TPSA) is 46.5 Å². The molecule has 0 spiro atoms. The second-order valence-corrected chi connectivity index (χ2v) is 5.80. The first-order valence-corrected chi connectivity index (χ1v) is 8.00. The molecule has 3 rings (SSSR count). The summed E-state index contributed by atoms with van der Waals surface area (Å²) in [6, 6.07) is 18.2. The number of aliphatic carboxylic acids is 1. The third-order valence-electron chi connectivity index (χ3n) is 3.87. The van der Waals surface area contributed by atoms with Crippen LogP contribution in [0.3, 0.4) is 0 Å². The highest BCUT2D eigenvalue weighted by molar-refractivity contribution is 5.72. The molecule has 3 nitrogen and oxygen atoms in total. The highest BCUT2D eigenvalue weighted by Crippen LogP contribution is 2.29. The Kier molecular flexibility index (Phi) is 5.27. The van der Waals surface area contributed by atoms with Gasteiger partial charge in [0.15, 0.2) is 0 Å². The predicted molar refractivity (Wildman–Crippen MR) is 93.9 cm³/mol. The fourth-order valence-corrected chi connectivity index (χ4v) is 2.60.